The van der Waals surface area contributed by atoms with E-state index in [1.165, 1.54) is 64.7 Å². The molecule has 0 atom stereocenters. The Bertz CT molecular complexity index is 417. The molecule has 1 aromatic rings. The number of benzene rings is 1. The number of nitrogens with zero attached hydrogens (tertiary/aromatic N) is 1. The highest BCUT2D eigenvalue weighted by atomic mass is 127. The van der Waals surface area contributed by atoms with Gasteiger partial charge >= 0.3 is 0 Å². The van der Waals surface area contributed by atoms with Gasteiger partial charge in [-0.25, -0.2) is 0 Å². The Balaban J connectivity index is 0.000000385. The summed E-state index contributed by atoms with van der Waals surface area (Å²) in [4.78, 5) is 2.52. The molecule has 0 spiro atoms. The van der Waals surface area contributed by atoms with Crippen molar-refractivity contribution in [1.29, 1.82) is 0 Å². The standard InChI is InChI=1S/C10H13I.C8H16ClN.ClH/c1-6-5-10(11)9(4)8(3)7(6)2;9-5-4-8-10-6-2-1-3-7-10;/h5H,1-4H3;1-8H2;1H. The number of piperidine rings is 1. The maximum atomic E-state index is 5.59. The monoisotopic (exact) mass is 457 g/mol. The van der Waals surface area contributed by atoms with Crippen molar-refractivity contribution in [2.24, 2.45) is 0 Å². The second-order valence-electron chi connectivity index (χ2n) is 6.00. The third kappa shape index (κ3) is 7.37. The number of aryl methyl sites for hydroxylation is 1. The summed E-state index contributed by atoms with van der Waals surface area (Å²) in [5, 5.41) is 0. The van der Waals surface area contributed by atoms with Crippen molar-refractivity contribution in [3.63, 3.8) is 0 Å². The maximum absolute atomic E-state index is 5.59. The zero-order valence-corrected chi connectivity index (χ0v) is 18.1. The SMILES string of the molecule is Cc1cc(I)c(C)c(C)c1C.Cl.ClCCCN1CCCCC1. The Morgan fingerprint density at radius 3 is 2.14 bits per heavy atom. The minimum Gasteiger partial charge on any atom is -0.303 e. The van der Waals surface area contributed by atoms with Crippen molar-refractivity contribution in [3.8, 4) is 0 Å². The molecule has 22 heavy (non-hydrogen) atoms. The summed E-state index contributed by atoms with van der Waals surface area (Å²) < 4.78 is 1.38. The Hall–Kier alpha value is 0.490. The normalized spacial score (nSPS) is 14.8. The molecule has 0 amide bonds. The van der Waals surface area contributed by atoms with Gasteiger partial charge in [-0.15, -0.1) is 24.0 Å². The topological polar surface area (TPSA) is 3.24 Å². The Labute approximate surface area is 161 Å². The van der Waals surface area contributed by atoms with Crippen molar-refractivity contribution in [2.75, 3.05) is 25.5 Å². The average Bonchev–Trinajstić information content (AvgIpc) is 2.50. The van der Waals surface area contributed by atoms with Crippen LogP contribution in [0.5, 0.6) is 0 Å². The molecule has 0 unspecified atom stereocenters. The van der Waals surface area contributed by atoms with E-state index in [0.29, 0.717) is 0 Å². The summed E-state index contributed by atoms with van der Waals surface area (Å²) in [7, 11) is 0. The first-order valence-corrected chi connectivity index (χ1v) is 9.60. The van der Waals surface area contributed by atoms with E-state index in [1.807, 2.05) is 0 Å². The maximum Gasteiger partial charge on any atom is 0.0235 e. The van der Waals surface area contributed by atoms with E-state index in [4.69, 9.17) is 11.6 Å². The Morgan fingerprint density at radius 2 is 1.59 bits per heavy atom. The van der Waals surface area contributed by atoms with Crippen LogP contribution in [0.2, 0.25) is 0 Å². The molecule has 0 aliphatic carbocycles. The van der Waals surface area contributed by atoms with Crippen molar-refractivity contribution in [1.82, 2.24) is 4.90 Å². The molecule has 128 valence electrons. The zero-order chi connectivity index (χ0) is 15.8. The van der Waals surface area contributed by atoms with Crippen LogP contribution >= 0.6 is 46.6 Å². The fourth-order valence-corrected chi connectivity index (χ4v) is 3.62. The van der Waals surface area contributed by atoms with Crippen LogP contribution in [0.1, 0.15) is 47.9 Å². The van der Waals surface area contributed by atoms with Crippen LogP contribution in [-0.2, 0) is 0 Å². The van der Waals surface area contributed by atoms with Crippen molar-refractivity contribution < 1.29 is 0 Å². The lowest BCUT2D eigenvalue weighted by atomic mass is 10.0. The predicted molar refractivity (Wildman–Crippen MR) is 111 cm³/mol. The van der Waals surface area contributed by atoms with Gasteiger partial charge in [-0.2, -0.15) is 0 Å². The summed E-state index contributed by atoms with van der Waals surface area (Å²) in [6, 6.07) is 2.25. The minimum atomic E-state index is 0. The molecule has 2 rings (SSSR count). The van der Waals surface area contributed by atoms with Gasteiger partial charge in [-0.1, -0.05) is 6.42 Å². The molecular weight excluding hydrogens is 428 g/mol. The third-order valence-corrected chi connectivity index (χ3v) is 5.86. The van der Waals surface area contributed by atoms with Gasteiger partial charge < -0.3 is 4.90 Å². The molecule has 0 aromatic heterocycles. The van der Waals surface area contributed by atoms with Crippen LogP contribution in [0.15, 0.2) is 6.07 Å². The summed E-state index contributed by atoms with van der Waals surface area (Å²) in [5.41, 5.74) is 5.70. The van der Waals surface area contributed by atoms with Crippen LogP contribution in [0.25, 0.3) is 0 Å². The summed E-state index contributed by atoms with van der Waals surface area (Å²) >= 11 is 7.99. The first-order valence-electron chi connectivity index (χ1n) is 7.98. The van der Waals surface area contributed by atoms with E-state index in [-0.39, 0.29) is 12.4 Å². The molecule has 0 bridgehead atoms. The molecule has 0 radical (unpaired) electrons. The highest BCUT2D eigenvalue weighted by molar-refractivity contribution is 14.1. The number of hydrogen-bond donors (Lipinski definition) is 0. The lowest BCUT2D eigenvalue weighted by Crippen LogP contribution is -2.30. The molecule has 1 aliphatic rings. The van der Waals surface area contributed by atoms with Gasteiger partial charge in [-0.05, 0) is 118 Å². The number of alkyl halides is 1. The largest absolute Gasteiger partial charge is 0.303 e. The minimum absolute atomic E-state index is 0. The van der Waals surface area contributed by atoms with Crippen LogP contribution in [-0.4, -0.2) is 30.4 Å². The van der Waals surface area contributed by atoms with Gasteiger partial charge in [0.1, 0.15) is 0 Å². The fourth-order valence-electron chi connectivity index (χ4n) is 2.63. The molecule has 0 saturated carbocycles. The third-order valence-electron chi connectivity index (χ3n) is 4.47. The summed E-state index contributed by atoms with van der Waals surface area (Å²) in [5.74, 6) is 0.816. The Kier molecular flexibility index (Phi) is 12.2. The molecular formula is C18H30Cl2IN. The Morgan fingerprint density at radius 1 is 1.00 bits per heavy atom. The van der Waals surface area contributed by atoms with Crippen LogP contribution in [0.3, 0.4) is 0 Å². The van der Waals surface area contributed by atoms with E-state index < -0.39 is 0 Å². The lowest BCUT2D eigenvalue weighted by Gasteiger charge is -2.25. The van der Waals surface area contributed by atoms with Crippen LogP contribution in [0.4, 0.5) is 0 Å². The van der Waals surface area contributed by atoms with Gasteiger partial charge in [0.05, 0.1) is 0 Å². The number of rotatable bonds is 3. The van der Waals surface area contributed by atoms with E-state index in [1.54, 1.807) is 0 Å². The number of hydrogen-bond acceptors (Lipinski definition) is 1. The van der Waals surface area contributed by atoms with Gasteiger partial charge in [0.15, 0.2) is 0 Å². The zero-order valence-electron chi connectivity index (χ0n) is 14.3. The molecule has 1 heterocycles. The van der Waals surface area contributed by atoms with Gasteiger partial charge in [0, 0.05) is 9.45 Å². The quantitative estimate of drug-likeness (QED) is 0.394. The lowest BCUT2D eigenvalue weighted by molar-refractivity contribution is 0.230. The number of likely N-dealkylation sites (tertiary alicyclic amines) is 1. The van der Waals surface area contributed by atoms with E-state index >= 15 is 0 Å². The van der Waals surface area contributed by atoms with Crippen LogP contribution < -0.4 is 0 Å². The van der Waals surface area contributed by atoms with E-state index in [9.17, 15) is 0 Å². The van der Waals surface area contributed by atoms with Gasteiger partial charge in [-0.3, -0.25) is 0 Å². The molecule has 1 fully saturated rings. The average molecular weight is 458 g/mol. The van der Waals surface area contributed by atoms with E-state index in [2.05, 4.69) is 61.3 Å². The smallest absolute Gasteiger partial charge is 0.0235 e. The summed E-state index contributed by atoms with van der Waals surface area (Å²) in [6.07, 6.45) is 5.36. The van der Waals surface area contributed by atoms with Crippen molar-refractivity contribution >= 4 is 46.6 Å². The van der Waals surface area contributed by atoms with Crippen molar-refractivity contribution in [3.05, 3.63) is 31.9 Å². The first-order chi connectivity index (χ1) is 9.97. The molecule has 1 saturated heterocycles. The van der Waals surface area contributed by atoms with Gasteiger partial charge in [0.2, 0.25) is 0 Å². The molecule has 1 aliphatic heterocycles. The number of halogens is 3. The molecule has 1 aromatic carbocycles. The van der Waals surface area contributed by atoms with Gasteiger partial charge in [0.25, 0.3) is 0 Å². The highest BCUT2D eigenvalue weighted by Crippen LogP contribution is 2.21. The van der Waals surface area contributed by atoms with E-state index in [0.717, 1.165) is 12.3 Å². The highest BCUT2D eigenvalue weighted by Gasteiger charge is 2.08. The first kappa shape index (κ1) is 22.5. The second-order valence-corrected chi connectivity index (χ2v) is 7.54. The second kappa shape index (κ2) is 11.9. The molecule has 1 nitrogen and oxygen atoms in total. The van der Waals surface area contributed by atoms with Crippen molar-refractivity contribution in [2.45, 2.75) is 53.4 Å². The predicted octanol–water partition coefficient (Wildman–Crippen LogP) is 6.05. The molecule has 0 N–H and O–H groups in total. The van der Waals surface area contributed by atoms with Crippen LogP contribution in [0, 0.1) is 31.3 Å². The fraction of sp³-hybridized carbons (Fsp3) is 0.667. The molecule has 4 heteroatoms. The summed E-state index contributed by atoms with van der Waals surface area (Å²) in [6.45, 7) is 12.6.